The van der Waals surface area contributed by atoms with Crippen molar-refractivity contribution in [2.45, 2.75) is 13.0 Å². The fraction of sp³-hybridized carbons (Fsp3) is 0.750. The van der Waals surface area contributed by atoms with Crippen LogP contribution in [0.25, 0.3) is 0 Å². The van der Waals surface area contributed by atoms with E-state index >= 15 is 0 Å². The van der Waals surface area contributed by atoms with Gasteiger partial charge in [-0.3, -0.25) is 4.99 Å². The number of aliphatic imine (C=N–C) groups is 1. The SMILES string of the molecule is CC(CN=C(N)N)O[N+](=O)[O-]. The minimum atomic E-state index is -0.882. The van der Waals surface area contributed by atoms with E-state index in [4.69, 9.17) is 11.5 Å². The van der Waals surface area contributed by atoms with Crippen molar-refractivity contribution in [3.05, 3.63) is 10.1 Å². The molecule has 0 spiro atoms. The summed E-state index contributed by atoms with van der Waals surface area (Å²) in [5.74, 6) is -0.108. The van der Waals surface area contributed by atoms with Gasteiger partial charge in [-0.1, -0.05) is 0 Å². The number of guanidine groups is 1. The minimum Gasteiger partial charge on any atom is -0.370 e. The summed E-state index contributed by atoms with van der Waals surface area (Å²) in [5, 5.41) is 8.84. The lowest BCUT2D eigenvalue weighted by Gasteiger charge is -2.04. The molecular formula is C4H10N4O3. The molecule has 4 N–H and O–H groups in total. The quantitative estimate of drug-likeness (QED) is 0.234. The van der Waals surface area contributed by atoms with Gasteiger partial charge in [0.1, 0.15) is 6.10 Å². The van der Waals surface area contributed by atoms with Crippen LogP contribution in [-0.4, -0.2) is 23.7 Å². The van der Waals surface area contributed by atoms with E-state index in [2.05, 4.69) is 9.83 Å². The Kier molecular flexibility index (Phi) is 3.71. The van der Waals surface area contributed by atoms with E-state index in [1.807, 2.05) is 0 Å². The van der Waals surface area contributed by atoms with Gasteiger partial charge in [-0.15, -0.1) is 10.1 Å². The van der Waals surface area contributed by atoms with Crippen molar-refractivity contribution in [2.24, 2.45) is 16.5 Å². The van der Waals surface area contributed by atoms with Gasteiger partial charge in [0.05, 0.1) is 6.54 Å². The van der Waals surface area contributed by atoms with Crippen molar-refractivity contribution in [1.29, 1.82) is 0 Å². The van der Waals surface area contributed by atoms with Crippen molar-refractivity contribution in [3.63, 3.8) is 0 Å². The second-order valence-electron chi connectivity index (χ2n) is 1.91. The Morgan fingerprint density at radius 3 is 2.73 bits per heavy atom. The van der Waals surface area contributed by atoms with E-state index in [1.54, 1.807) is 0 Å². The number of rotatable bonds is 4. The molecule has 0 aromatic heterocycles. The standard InChI is InChI=1S/C4H10N4O3/c1-3(11-8(9)10)2-7-4(5)6/h3H,2H2,1H3,(H4,5,6,7). The normalized spacial score (nSPS) is 11.7. The molecule has 1 atom stereocenters. The summed E-state index contributed by atoms with van der Waals surface area (Å²) in [6.45, 7) is 1.58. The molecule has 0 saturated heterocycles. The molecule has 64 valence electrons. The van der Waals surface area contributed by atoms with Crippen LogP contribution in [0.2, 0.25) is 0 Å². The molecule has 0 bridgehead atoms. The van der Waals surface area contributed by atoms with Gasteiger partial charge in [0.15, 0.2) is 5.96 Å². The van der Waals surface area contributed by atoms with Crippen molar-refractivity contribution in [3.8, 4) is 0 Å². The molecule has 0 rings (SSSR count). The highest BCUT2D eigenvalue weighted by molar-refractivity contribution is 5.75. The van der Waals surface area contributed by atoms with Crippen LogP contribution in [0, 0.1) is 10.1 Å². The highest BCUT2D eigenvalue weighted by Crippen LogP contribution is 1.90. The van der Waals surface area contributed by atoms with Gasteiger partial charge in [-0.2, -0.15) is 0 Å². The third-order valence-corrected chi connectivity index (χ3v) is 0.797. The van der Waals surface area contributed by atoms with Gasteiger partial charge < -0.3 is 16.3 Å². The van der Waals surface area contributed by atoms with Crippen molar-refractivity contribution in [2.75, 3.05) is 6.54 Å². The molecule has 0 fully saturated rings. The zero-order chi connectivity index (χ0) is 8.85. The van der Waals surface area contributed by atoms with E-state index in [9.17, 15) is 10.1 Å². The van der Waals surface area contributed by atoms with Gasteiger partial charge in [0, 0.05) is 0 Å². The van der Waals surface area contributed by atoms with Crippen LogP contribution in [0.4, 0.5) is 0 Å². The average Bonchev–Trinajstić information content (AvgIpc) is 1.82. The molecule has 0 aromatic rings. The average molecular weight is 162 g/mol. The third kappa shape index (κ3) is 6.35. The van der Waals surface area contributed by atoms with Crippen LogP contribution in [0.15, 0.2) is 4.99 Å². The van der Waals surface area contributed by atoms with Gasteiger partial charge >= 0.3 is 0 Å². The van der Waals surface area contributed by atoms with Crippen LogP contribution in [-0.2, 0) is 4.84 Å². The van der Waals surface area contributed by atoms with Crippen LogP contribution in [0.3, 0.4) is 0 Å². The second-order valence-corrected chi connectivity index (χ2v) is 1.91. The second kappa shape index (κ2) is 4.31. The molecule has 0 amide bonds. The molecule has 0 heterocycles. The fourth-order valence-corrected chi connectivity index (χ4v) is 0.414. The predicted molar refractivity (Wildman–Crippen MR) is 38.2 cm³/mol. The summed E-state index contributed by atoms with van der Waals surface area (Å²) < 4.78 is 0. The highest BCUT2D eigenvalue weighted by atomic mass is 17.0. The minimum absolute atomic E-state index is 0.0866. The lowest BCUT2D eigenvalue weighted by molar-refractivity contribution is -0.766. The van der Waals surface area contributed by atoms with Crippen LogP contribution in [0.5, 0.6) is 0 Å². The Morgan fingerprint density at radius 1 is 1.82 bits per heavy atom. The summed E-state index contributed by atoms with van der Waals surface area (Å²) in [6, 6.07) is 0. The lowest BCUT2D eigenvalue weighted by Crippen LogP contribution is -2.25. The Morgan fingerprint density at radius 2 is 2.36 bits per heavy atom. The van der Waals surface area contributed by atoms with E-state index in [1.165, 1.54) is 6.92 Å². The lowest BCUT2D eigenvalue weighted by atomic mass is 10.4. The Labute approximate surface area is 63.1 Å². The largest absolute Gasteiger partial charge is 0.370 e. The smallest absolute Gasteiger partial charge is 0.294 e. The summed E-state index contributed by atoms with van der Waals surface area (Å²) in [4.78, 5) is 17.4. The van der Waals surface area contributed by atoms with E-state index < -0.39 is 11.2 Å². The number of nitrogens with zero attached hydrogens (tertiary/aromatic N) is 2. The van der Waals surface area contributed by atoms with Crippen molar-refractivity contribution >= 4 is 5.96 Å². The first kappa shape index (κ1) is 9.47. The maximum Gasteiger partial charge on any atom is 0.294 e. The molecule has 7 nitrogen and oxygen atoms in total. The van der Waals surface area contributed by atoms with Crippen molar-refractivity contribution in [1.82, 2.24) is 0 Å². The first-order valence-electron chi connectivity index (χ1n) is 2.89. The fourth-order valence-electron chi connectivity index (χ4n) is 0.414. The van der Waals surface area contributed by atoms with Crippen molar-refractivity contribution < 1.29 is 9.92 Å². The maximum atomic E-state index is 9.73. The highest BCUT2D eigenvalue weighted by Gasteiger charge is 2.04. The van der Waals surface area contributed by atoms with Crippen LogP contribution < -0.4 is 11.5 Å². The summed E-state index contributed by atoms with van der Waals surface area (Å²) >= 11 is 0. The molecule has 0 aliphatic heterocycles. The molecule has 1 unspecified atom stereocenters. The topological polar surface area (TPSA) is 117 Å². The Balaban J connectivity index is 3.61. The molecular weight excluding hydrogens is 152 g/mol. The predicted octanol–water partition coefficient (Wildman–Crippen LogP) is -1.14. The number of nitrogens with two attached hydrogens (primary N) is 2. The zero-order valence-corrected chi connectivity index (χ0v) is 6.06. The molecule has 7 heteroatoms. The zero-order valence-electron chi connectivity index (χ0n) is 6.06. The Bertz CT molecular complexity index is 165. The molecule has 0 aromatic carbocycles. The van der Waals surface area contributed by atoms with Crippen LogP contribution in [0.1, 0.15) is 6.92 Å². The molecule has 11 heavy (non-hydrogen) atoms. The molecule has 0 aliphatic rings. The first-order valence-corrected chi connectivity index (χ1v) is 2.89. The van der Waals surface area contributed by atoms with E-state index in [0.29, 0.717) is 0 Å². The van der Waals surface area contributed by atoms with Gasteiger partial charge in [0.25, 0.3) is 5.09 Å². The third-order valence-electron chi connectivity index (χ3n) is 0.797. The van der Waals surface area contributed by atoms with E-state index in [0.717, 1.165) is 0 Å². The number of hydrogen-bond acceptors (Lipinski definition) is 4. The van der Waals surface area contributed by atoms with Gasteiger partial charge in [-0.25, -0.2) is 0 Å². The Hall–Kier alpha value is -1.53. The molecule has 0 aliphatic carbocycles. The van der Waals surface area contributed by atoms with Crippen LogP contribution >= 0.6 is 0 Å². The van der Waals surface area contributed by atoms with E-state index in [-0.39, 0.29) is 12.5 Å². The monoisotopic (exact) mass is 162 g/mol. The number of hydrogen-bond donors (Lipinski definition) is 2. The summed E-state index contributed by atoms with van der Waals surface area (Å²) in [7, 11) is 0. The van der Waals surface area contributed by atoms with Gasteiger partial charge in [-0.05, 0) is 6.92 Å². The summed E-state index contributed by atoms with van der Waals surface area (Å²) in [5.41, 5.74) is 9.95. The first-order chi connectivity index (χ1) is 5.02. The maximum absolute atomic E-state index is 9.73. The van der Waals surface area contributed by atoms with Gasteiger partial charge in [0.2, 0.25) is 0 Å². The summed E-state index contributed by atoms with van der Waals surface area (Å²) in [6.07, 6.45) is -0.618. The molecule has 0 radical (unpaired) electrons. The molecule has 0 saturated carbocycles.